The average Bonchev–Trinajstić information content (AvgIpc) is 2.80. The van der Waals surface area contributed by atoms with Crippen LogP contribution in [-0.2, 0) is 0 Å². The molecule has 0 spiro atoms. The van der Waals surface area contributed by atoms with Crippen LogP contribution in [0.15, 0.2) is 0 Å². The van der Waals surface area contributed by atoms with Gasteiger partial charge < -0.3 is 9.96 Å². The zero-order chi connectivity index (χ0) is 14.3. The molecule has 0 aromatic carbocycles. The Morgan fingerprint density at radius 3 is 1.47 bits per heavy atom. The first kappa shape index (κ1) is 15.7. The lowest BCUT2D eigenvalue weighted by molar-refractivity contribution is 0.239. The van der Waals surface area contributed by atoms with Crippen molar-refractivity contribution in [3.8, 4) is 0 Å². The maximum Gasteiger partial charge on any atom is 0.116 e. The van der Waals surface area contributed by atoms with Crippen LogP contribution in [0.4, 0.5) is 0 Å². The van der Waals surface area contributed by atoms with Gasteiger partial charge in [0.25, 0.3) is 0 Å². The molecule has 0 amide bonds. The highest BCUT2D eigenvalue weighted by Gasteiger charge is 2.45. The Kier molecular flexibility index (Phi) is 4.66. The monoisotopic (exact) mass is 298 g/mol. The van der Waals surface area contributed by atoms with Crippen LogP contribution in [0.25, 0.3) is 0 Å². The molecule has 2 atom stereocenters. The van der Waals surface area contributed by atoms with Crippen LogP contribution >= 0.6 is 0 Å². The summed E-state index contributed by atoms with van der Waals surface area (Å²) in [6, 6.07) is 0. The number of rotatable bonds is 6. The molecule has 2 unspecified atom stereocenters. The molecule has 2 aliphatic rings. The SMILES string of the molecule is C[Si](C)(C)NCC1CC2CC(CN[Si](C)(C)C)C1C2. The lowest BCUT2D eigenvalue weighted by atomic mass is 9.81. The third-order valence-electron chi connectivity index (χ3n) is 4.88. The van der Waals surface area contributed by atoms with Crippen LogP contribution in [0.2, 0.25) is 39.3 Å². The van der Waals surface area contributed by atoms with Crippen molar-refractivity contribution in [2.45, 2.75) is 58.5 Å². The van der Waals surface area contributed by atoms with E-state index in [0.717, 1.165) is 23.7 Å². The Bertz CT molecular complexity index is 278. The molecule has 4 heteroatoms. The van der Waals surface area contributed by atoms with Crippen LogP contribution in [0, 0.1) is 23.7 Å². The zero-order valence-electron chi connectivity index (χ0n) is 13.8. The molecule has 0 aliphatic heterocycles. The second kappa shape index (κ2) is 5.62. The maximum atomic E-state index is 3.87. The molecular formula is C15H34N2Si2. The molecule has 2 nitrogen and oxygen atoms in total. The fourth-order valence-corrected chi connectivity index (χ4v) is 5.74. The highest BCUT2D eigenvalue weighted by atomic mass is 28.3. The first-order valence-electron chi connectivity index (χ1n) is 8.14. The summed E-state index contributed by atoms with van der Waals surface area (Å²) in [6.45, 7) is 17.1. The first-order valence-corrected chi connectivity index (χ1v) is 15.1. The normalized spacial score (nSPS) is 35.1. The maximum absolute atomic E-state index is 3.87. The van der Waals surface area contributed by atoms with E-state index < -0.39 is 16.5 Å². The Balaban J connectivity index is 1.82. The first-order chi connectivity index (χ1) is 8.64. The third-order valence-corrected chi connectivity index (χ3v) is 7.41. The van der Waals surface area contributed by atoms with Crippen molar-refractivity contribution in [1.29, 1.82) is 0 Å². The smallest absolute Gasteiger partial charge is 0.116 e. The summed E-state index contributed by atoms with van der Waals surface area (Å²) in [4.78, 5) is 7.74. The molecule has 2 saturated carbocycles. The summed E-state index contributed by atoms with van der Waals surface area (Å²) in [5.41, 5.74) is 0. The van der Waals surface area contributed by atoms with E-state index in [1.807, 2.05) is 0 Å². The van der Waals surface area contributed by atoms with Crippen molar-refractivity contribution in [3.63, 3.8) is 0 Å². The second-order valence-electron chi connectivity index (χ2n) is 9.02. The van der Waals surface area contributed by atoms with Gasteiger partial charge in [0.1, 0.15) is 16.5 Å². The Morgan fingerprint density at radius 2 is 1.16 bits per heavy atom. The fourth-order valence-electron chi connectivity index (χ4n) is 3.99. The molecular weight excluding hydrogens is 264 g/mol. The minimum atomic E-state index is -1.08. The average molecular weight is 299 g/mol. The van der Waals surface area contributed by atoms with Gasteiger partial charge in [-0.1, -0.05) is 39.3 Å². The van der Waals surface area contributed by atoms with E-state index in [0.29, 0.717) is 0 Å². The van der Waals surface area contributed by atoms with Crippen LogP contribution in [0.3, 0.4) is 0 Å². The fraction of sp³-hybridized carbons (Fsp3) is 1.00. The van der Waals surface area contributed by atoms with Crippen LogP contribution in [0.1, 0.15) is 19.3 Å². The summed E-state index contributed by atoms with van der Waals surface area (Å²) in [5, 5.41) is 0. The van der Waals surface area contributed by atoms with Crippen LogP contribution in [-0.4, -0.2) is 29.6 Å². The number of fused-ring (bicyclic) bond motifs is 2. The molecule has 0 radical (unpaired) electrons. The lowest BCUT2D eigenvalue weighted by Gasteiger charge is -2.33. The summed E-state index contributed by atoms with van der Waals surface area (Å²) in [7, 11) is -2.16. The van der Waals surface area contributed by atoms with E-state index in [1.54, 1.807) is 0 Å². The molecule has 0 aromatic heterocycles. The van der Waals surface area contributed by atoms with Gasteiger partial charge in [-0.25, -0.2) is 0 Å². The van der Waals surface area contributed by atoms with E-state index >= 15 is 0 Å². The molecule has 0 heterocycles. The molecule has 2 rings (SSSR count). The lowest BCUT2D eigenvalue weighted by Crippen LogP contribution is -2.47. The van der Waals surface area contributed by atoms with Gasteiger partial charge in [-0.15, -0.1) is 0 Å². The quantitative estimate of drug-likeness (QED) is 0.734. The molecule has 2 fully saturated rings. The minimum Gasteiger partial charge on any atom is -0.337 e. The van der Waals surface area contributed by atoms with Crippen molar-refractivity contribution in [1.82, 2.24) is 9.96 Å². The van der Waals surface area contributed by atoms with Crippen LogP contribution < -0.4 is 9.96 Å². The van der Waals surface area contributed by atoms with E-state index in [9.17, 15) is 0 Å². The second-order valence-corrected chi connectivity index (χ2v) is 18.7. The molecule has 2 aliphatic carbocycles. The highest BCUT2D eigenvalue weighted by Crippen LogP contribution is 2.51. The Labute approximate surface area is 122 Å². The van der Waals surface area contributed by atoms with Crippen molar-refractivity contribution in [2.75, 3.05) is 13.1 Å². The van der Waals surface area contributed by atoms with Gasteiger partial charge in [0.05, 0.1) is 0 Å². The van der Waals surface area contributed by atoms with Gasteiger partial charge in [0.2, 0.25) is 0 Å². The molecule has 112 valence electrons. The standard InChI is InChI=1S/C15H34N2Si2/c1-18(2,3)16-10-13-7-12-8-14(15(13)9-12)11-17-19(4,5)6/h12-17H,7-11H2,1-6H3. The highest BCUT2D eigenvalue weighted by molar-refractivity contribution is 6.73. The van der Waals surface area contributed by atoms with Crippen molar-refractivity contribution in [2.24, 2.45) is 23.7 Å². The van der Waals surface area contributed by atoms with Gasteiger partial charge in [-0.2, -0.15) is 0 Å². The van der Waals surface area contributed by atoms with E-state index in [1.165, 1.54) is 32.4 Å². The van der Waals surface area contributed by atoms with Gasteiger partial charge in [0.15, 0.2) is 0 Å². The van der Waals surface area contributed by atoms with E-state index in [4.69, 9.17) is 0 Å². The van der Waals surface area contributed by atoms with Crippen molar-refractivity contribution in [3.05, 3.63) is 0 Å². The topological polar surface area (TPSA) is 24.1 Å². The predicted octanol–water partition coefficient (Wildman–Crippen LogP) is 3.50. The molecule has 0 saturated heterocycles. The van der Waals surface area contributed by atoms with Gasteiger partial charge in [-0.05, 0) is 56.0 Å². The molecule has 2 bridgehead atoms. The van der Waals surface area contributed by atoms with Gasteiger partial charge in [0, 0.05) is 0 Å². The van der Waals surface area contributed by atoms with Gasteiger partial charge >= 0.3 is 0 Å². The van der Waals surface area contributed by atoms with Crippen molar-refractivity contribution < 1.29 is 0 Å². The summed E-state index contributed by atoms with van der Waals surface area (Å²) in [6.07, 6.45) is 4.53. The summed E-state index contributed by atoms with van der Waals surface area (Å²) in [5.74, 6) is 4.00. The van der Waals surface area contributed by atoms with E-state index in [2.05, 4.69) is 49.2 Å². The zero-order valence-corrected chi connectivity index (χ0v) is 15.8. The number of nitrogens with one attached hydrogen (secondary N) is 2. The largest absolute Gasteiger partial charge is 0.337 e. The van der Waals surface area contributed by atoms with E-state index in [-0.39, 0.29) is 0 Å². The number of hydrogen-bond donors (Lipinski definition) is 2. The minimum absolute atomic E-state index is 0.971. The third kappa shape index (κ3) is 4.69. The summed E-state index contributed by atoms with van der Waals surface area (Å²) >= 11 is 0. The molecule has 2 N–H and O–H groups in total. The van der Waals surface area contributed by atoms with Crippen molar-refractivity contribution >= 4 is 16.5 Å². The molecule has 19 heavy (non-hydrogen) atoms. The Morgan fingerprint density at radius 1 is 0.737 bits per heavy atom. The van der Waals surface area contributed by atoms with Gasteiger partial charge in [-0.3, -0.25) is 0 Å². The Hall–Kier alpha value is 0.354. The predicted molar refractivity (Wildman–Crippen MR) is 90.5 cm³/mol. The number of hydrogen-bond acceptors (Lipinski definition) is 2. The van der Waals surface area contributed by atoms with Crippen LogP contribution in [0.5, 0.6) is 0 Å². The molecule has 0 aromatic rings. The summed E-state index contributed by atoms with van der Waals surface area (Å²) < 4.78 is 0.